The molecule has 0 fully saturated rings. The average molecular weight is 342 g/mol. The van der Waals surface area contributed by atoms with E-state index >= 15 is 0 Å². The second kappa shape index (κ2) is 6.02. The SMILES string of the molecule is Nc1ccc(Nc2c([N+](=O)[O-])cc(C(F)(F)F)cc2[N+](=O)[O-])cc1. The van der Waals surface area contributed by atoms with E-state index in [1.807, 2.05) is 0 Å². The molecule has 2 aromatic carbocycles. The standard InChI is InChI=1S/C13H9F3N4O4/c14-13(15,16)7-5-10(19(21)22)12(11(6-7)20(23)24)18-9-3-1-8(17)2-4-9/h1-6,18H,17H2. The fourth-order valence-corrected chi connectivity index (χ4v) is 1.90. The number of nitro groups is 2. The Labute approximate surface area is 132 Å². The van der Waals surface area contributed by atoms with Gasteiger partial charge in [0.15, 0.2) is 5.69 Å². The first-order valence-electron chi connectivity index (χ1n) is 6.26. The van der Waals surface area contributed by atoms with Crippen molar-refractivity contribution in [1.82, 2.24) is 0 Å². The van der Waals surface area contributed by atoms with Crippen LogP contribution in [0.15, 0.2) is 36.4 Å². The fraction of sp³-hybridized carbons (Fsp3) is 0.0769. The first-order chi connectivity index (χ1) is 11.1. The summed E-state index contributed by atoms with van der Waals surface area (Å²) in [6, 6.07) is 6.08. The lowest BCUT2D eigenvalue weighted by Gasteiger charge is -2.11. The minimum Gasteiger partial charge on any atom is -0.399 e. The van der Waals surface area contributed by atoms with Gasteiger partial charge in [0.2, 0.25) is 0 Å². The van der Waals surface area contributed by atoms with Crippen molar-refractivity contribution in [3.63, 3.8) is 0 Å². The fourth-order valence-electron chi connectivity index (χ4n) is 1.90. The third-order valence-corrected chi connectivity index (χ3v) is 3.00. The van der Waals surface area contributed by atoms with Gasteiger partial charge >= 0.3 is 6.18 Å². The molecule has 11 heteroatoms. The number of nitrogens with one attached hydrogen (secondary N) is 1. The Balaban J connectivity index is 2.65. The first-order valence-corrected chi connectivity index (χ1v) is 6.26. The molecule has 0 aromatic heterocycles. The molecule has 0 saturated heterocycles. The van der Waals surface area contributed by atoms with Crippen LogP contribution in [-0.4, -0.2) is 9.85 Å². The number of halogens is 3. The second-order valence-electron chi connectivity index (χ2n) is 4.65. The van der Waals surface area contributed by atoms with Crippen LogP contribution < -0.4 is 11.1 Å². The third-order valence-electron chi connectivity index (χ3n) is 3.00. The van der Waals surface area contributed by atoms with Crippen molar-refractivity contribution >= 4 is 28.4 Å². The van der Waals surface area contributed by atoms with E-state index in [0.717, 1.165) is 0 Å². The summed E-state index contributed by atoms with van der Waals surface area (Å²) < 4.78 is 38.4. The lowest BCUT2D eigenvalue weighted by molar-refractivity contribution is -0.392. The third kappa shape index (κ3) is 3.51. The summed E-state index contributed by atoms with van der Waals surface area (Å²) in [6.07, 6.45) is -4.96. The molecule has 2 aromatic rings. The molecule has 3 N–H and O–H groups in total. The summed E-state index contributed by atoms with van der Waals surface area (Å²) in [5.41, 5.74) is 1.78. The largest absolute Gasteiger partial charge is 0.416 e. The second-order valence-corrected chi connectivity index (χ2v) is 4.65. The Morgan fingerprint density at radius 1 is 0.958 bits per heavy atom. The zero-order chi connectivity index (χ0) is 18.1. The molecule has 0 atom stereocenters. The van der Waals surface area contributed by atoms with Gasteiger partial charge in [-0.25, -0.2) is 0 Å². The summed E-state index contributed by atoms with van der Waals surface area (Å²) in [5, 5.41) is 24.6. The predicted octanol–water partition coefficient (Wildman–Crippen LogP) is 3.85. The highest BCUT2D eigenvalue weighted by molar-refractivity contribution is 5.80. The number of hydrogen-bond donors (Lipinski definition) is 2. The highest BCUT2D eigenvalue weighted by Crippen LogP contribution is 2.42. The highest BCUT2D eigenvalue weighted by Gasteiger charge is 2.37. The molecule has 0 heterocycles. The normalized spacial score (nSPS) is 11.1. The maximum absolute atomic E-state index is 12.8. The number of benzene rings is 2. The first kappa shape index (κ1) is 17.0. The van der Waals surface area contributed by atoms with Crippen LogP contribution in [0.3, 0.4) is 0 Å². The van der Waals surface area contributed by atoms with Gasteiger partial charge in [0, 0.05) is 23.5 Å². The van der Waals surface area contributed by atoms with E-state index in [9.17, 15) is 33.4 Å². The highest BCUT2D eigenvalue weighted by atomic mass is 19.4. The molecular formula is C13H9F3N4O4. The van der Waals surface area contributed by atoms with Crippen LogP contribution in [0.1, 0.15) is 5.56 Å². The lowest BCUT2D eigenvalue weighted by atomic mass is 10.1. The van der Waals surface area contributed by atoms with Gasteiger partial charge in [-0.3, -0.25) is 20.2 Å². The maximum atomic E-state index is 12.8. The zero-order valence-corrected chi connectivity index (χ0v) is 11.7. The maximum Gasteiger partial charge on any atom is 0.416 e. The van der Waals surface area contributed by atoms with Crippen LogP contribution >= 0.6 is 0 Å². The Morgan fingerprint density at radius 2 is 1.42 bits per heavy atom. The van der Waals surface area contributed by atoms with Crippen LogP contribution in [0.2, 0.25) is 0 Å². The van der Waals surface area contributed by atoms with Gasteiger partial charge in [-0.05, 0) is 24.3 Å². The van der Waals surface area contributed by atoms with Crippen molar-refractivity contribution in [2.75, 3.05) is 11.1 Å². The topological polar surface area (TPSA) is 124 Å². The number of hydrogen-bond acceptors (Lipinski definition) is 6. The van der Waals surface area contributed by atoms with Crippen molar-refractivity contribution in [1.29, 1.82) is 0 Å². The van der Waals surface area contributed by atoms with Gasteiger partial charge in [0.05, 0.1) is 15.4 Å². The van der Waals surface area contributed by atoms with Crippen LogP contribution in [0.25, 0.3) is 0 Å². The molecule has 0 aliphatic rings. The monoisotopic (exact) mass is 342 g/mol. The molecular weight excluding hydrogens is 333 g/mol. The molecule has 126 valence electrons. The summed E-state index contributed by atoms with van der Waals surface area (Å²) in [7, 11) is 0. The summed E-state index contributed by atoms with van der Waals surface area (Å²) in [4.78, 5) is 19.9. The predicted molar refractivity (Wildman–Crippen MR) is 78.9 cm³/mol. The number of nitrogens with zero attached hydrogens (tertiary/aromatic N) is 2. The summed E-state index contributed by atoms with van der Waals surface area (Å²) in [5.74, 6) is 0. The van der Waals surface area contributed by atoms with Gasteiger partial charge < -0.3 is 11.1 Å². The number of nitro benzene ring substituents is 2. The quantitative estimate of drug-likeness (QED) is 0.494. The van der Waals surface area contributed by atoms with E-state index in [-0.39, 0.29) is 17.8 Å². The van der Waals surface area contributed by atoms with Gasteiger partial charge in [-0.15, -0.1) is 0 Å². The molecule has 24 heavy (non-hydrogen) atoms. The Morgan fingerprint density at radius 3 is 1.79 bits per heavy atom. The van der Waals surface area contributed by atoms with E-state index in [1.54, 1.807) is 0 Å². The molecule has 0 bridgehead atoms. The average Bonchev–Trinajstić information content (AvgIpc) is 2.48. The van der Waals surface area contributed by atoms with E-state index < -0.39 is 38.6 Å². The van der Waals surface area contributed by atoms with E-state index in [4.69, 9.17) is 5.73 Å². The van der Waals surface area contributed by atoms with Crippen LogP contribution in [-0.2, 0) is 6.18 Å². The molecule has 0 saturated carbocycles. The number of alkyl halides is 3. The van der Waals surface area contributed by atoms with Gasteiger partial charge in [-0.1, -0.05) is 0 Å². The number of rotatable bonds is 4. The van der Waals surface area contributed by atoms with Crippen molar-refractivity contribution in [2.45, 2.75) is 6.18 Å². The minimum absolute atomic E-state index is 0.190. The van der Waals surface area contributed by atoms with Gasteiger partial charge in [0.1, 0.15) is 0 Å². The number of nitrogens with two attached hydrogens (primary N) is 1. The molecule has 2 rings (SSSR count). The van der Waals surface area contributed by atoms with Gasteiger partial charge in [-0.2, -0.15) is 13.2 Å². The summed E-state index contributed by atoms with van der Waals surface area (Å²) in [6.45, 7) is 0. The molecule has 8 nitrogen and oxygen atoms in total. The van der Waals surface area contributed by atoms with Crippen molar-refractivity contribution < 1.29 is 23.0 Å². The molecule has 0 amide bonds. The van der Waals surface area contributed by atoms with Crippen molar-refractivity contribution in [3.05, 3.63) is 62.2 Å². The molecule has 0 spiro atoms. The Kier molecular flexibility index (Phi) is 4.26. The molecule has 0 aliphatic heterocycles. The van der Waals surface area contributed by atoms with Gasteiger partial charge in [0.25, 0.3) is 11.4 Å². The Hall–Kier alpha value is -3.37. The van der Waals surface area contributed by atoms with Crippen LogP contribution in [0, 0.1) is 20.2 Å². The van der Waals surface area contributed by atoms with Crippen LogP contribution in [0.5, 0.6) is 0 Å². The van der Waals surface area contributed by atoms with E-state index in [0.29, 0.717) is 5.69 Å². The van der Waals surface area contributed by atoms with E-state index in [2.05, 4.69) is 5.32 Å². The van der Waals surface area contributed by atoms with Crippen molar-refractivity contribution in [3.8, 4) is 0 Å². The smallest absolute Gasteiger partial charge is 0.399 e. The Bertz CT molecular complexity index is 771. The number of anilines is 3. The molecule has 0 aliphatic carbocycles. The van der Waals surface area contributed by atoms with Crippen molar-refractivity contribution in [2.24, 2.45) is 0 Å². The molecule has 0 unspecified atom stereocenters. The summed E-state index contributed by atoms with van der Waals surface area (Å²) >= 11 is 0. The van der Waals surface area contributed by atoms with E-state index in [1.165, 1.54) is 24.3 Å². The zero-order valence-electron chi connectivity index (χ0n) is 11.7. The lowest BCUT2D eigenvalue weighted by Crippen LogP contribution is -2.09. The van der Waals surface area contributed by atoms with Crippen LogP contribution in [0.4, 0.5) is 41.6 Å². The molecule has 0 radical (unpaired) electrons. The minimum atomic E-state index is -4.96. The number of nitrogen functional groups attached to an aromatic ring is 1.